The number of carbonyl (C=O) groups is 3. The van der Waals surface area contributed by atoms with E-state index in [1.54, 1.807) is 11.3 Å². The lowest BCUT2D eigenvalue weighted by Crippen LogP contribution is -2.54. The number of aryl methyl sites for hydroxylation is 1. The molecule has 1 saturated heterocycles. The van der Waals surface area contributed by atoms with Crippen LogP contribution in [0, 0.1) is 12.3 Å². The summed E-state index contributed by atoms with van der Waals surface area (Å²) in [7, 11) is 0. The van der Waals surface area contributed by atoms with Crippen molar-refractivity contribution < 1.29 is 19.1 Å². The predicted octanol–water partition coefficient (Wildman–Crippen LogP) is 3.06. The first kappa shape index (κ1) is 27.8. The third-order valence-corrected chi connectivity index (χ3v) is 6.79. The molecule has 3 N–H and O–H groups in total. The molecule has 3 rings (SSSR count). The Kier molecular flexibility index (Phi) is 9.22. The van der Waals surface area contributed by atoms with Gasteiger partial charge in [-0.25, -0.2) is 4.98 Å². The Morgan fingerprint density at radius 2 is 1.91 bits per heavy atom. The minimum Gasteiger partial charge on any atom is -0.461 e. The molecular weight excluding hydrogens is 476 g/mol. The number of hydrogen-bond acceptors (Lipinski definition) is 7. The van der Waals surface area contributed by atoms with E-state index in [0.29, 0.717) is 6.54 Å². The van der Waals surface area contributed by atoms with Gasteiger partial charge >= 0.3 is 5.97 Å². The zero-order valence-electron chi connectivity index (χ0n) is 20.2. The number of esters is 1. The number of nitrogens with zero attached hydrogens (tertiary/aromatic N) is 2. The van der Waals surface area contributed by atoms with Crippen LogP contribution in [0.4, 0.5) is 0 Å². The fraction of sp³-hybridized carbons (Fsp3) is 0.500. The molecular formula is C24H33ClN4O4S. The van der Waals surface area contributed by atoms with Crippen molar-refractivity contribution in [3.05, 3.63) is 41.0 Å². The van der Waals surface area contributed by atoms with Gasteiger partial charge in [-0.3, -0.25) is 14.4 Å². The lowest BCUT2D eigenvalue weighted by molar-refractivity contribution is -0.147. The number of rotatable bonds is 6. The number of halogens is 1. The van der Waals surface area contributed by atoms with Gasteiger partial charge in [-0.2, -0.15) is 0 Å². The molecule has 0 saturated carbocycles. The summed E-state index contributed by atoms with van der Waals surface area (Å²) in [6.45, 7) is 9.40. The van der Waals surface area contributed by atoms with Crippen molar-refractivity contribution in [1.82, 2.24) is 15.2 Å². The molecule has 0 spiro atoms. The summed E-state index contributed by atoms with van der Waals surface area (Å²) in [4.78, 5) is 44.4. The Hall–Kier alpha value is -2.49. The van der Waals surface area contributed by atoms with Crippen LogP contribution < -0.4 is 11.1 Å². The first-order valence-electron chi connectivity index (χ1n) is 11.0. The Morgan fingerprint density at radius 1 is 1.26 bits per heavy atom. The summed E-state index contributed by atoms with van der Waals surface area (Å²) >= 11 is 1.59. The second-order valence-corrected chi connectivity index (χ2v) is 10.4. The Labute approximate surface area is 210 Å². The molecule has 1 unspecified atom stereocenters. The normalized spacial score (nSPS) is 18.7. The molecule has 2 heterocycles. The van der Waals surface area contributed by atoms with Crippen molar-refractivity contribution in [2.24, 2.45) is 11.1 Å². The van der Waals surface area contributed by atoms with Gasteiger partial charge in [0.2, 0.25) is 11.8 Å². The largest absolute Gasteiger partial charge is 0.461 e. The average Bonchev–Trinajstić information content (AvgIpc) is 3.36. The maximum absolute atomic E-state index is 13.1. The zero-order valence-corrected chi connectivity index (χ0v) is 21.8. The van der Waals surface area contributed by atoms with Crippen LogP contribution in [0.15, 0.2) is 29.8 Å². The van der Waals surface area contributed by atoms with E-state index in [0.717, 1.165) is 21.7 Å². The van der Waals surface area contributed by atoms with Crippen molar-refractivity contribution in [3.63, 3.8) is 0 Å². The quantitative estimate of drug-likeness (QED) is 0.579. The Morgan fingerprint density at radius 3 is 2.44 bits per heavy atom. The summed E-state index contributed by atoms with van der Waals surface area (Å²) in [6.07, 6.45) is -0.284. The number of nitrogens with one attached hydrogen (secondary N) is 1. The third-order valence-electron chi connectivity index (χ3n) is 5.81. The number of amides is 2. The number of aromatic nitrogens is 1. The highest BCUT2D eigenvalue weighted by Gasteiger charge is 2.44. The molecule has 1 aliphatic heterocycles. The summed E-state index contributed by atoms with van der Waals surface area (Å²) in [6, 6.07) is 6.42. The molecule has 2 amide bonds. The van der Waals surface area contributed by atoms with Crippen LogP contribution in [0.1, 0.15) is 45.4 Å². The molecule has 34 heavy (non-hydrogen) atoms. The Bertz CT molecular complexity index is 1020. The minimum atomic E-state index is -0.772. The fourth-order valence-corrected chi connectivity index (χ4v) is 4.63. The lowest BCUT2D eigenvalue weighted by atomic mass is 9.86. The smallest absolute Gasteiger partial charge is 0.302 e. The summed E-state index contributed by atoms with van der Waals surface area (Å²) in [5.74, 6) is -1.05. The van der Waals surface area contributed by atoms with Crippen molar-refractivity contribution in [1.29, 1.82) is 0 Å². The molecule has 1 aliphatic rings. The summed E-state index contributed by atoms with van der Waals surface area (Å²) in [5, 5.41) is 2.92. The number of hydrogen-bond donors (Lipinski definition) is 2. The number of carbonyl (C=O) groups excluding carboxylic acids is 3. The predicted molar refractivity (Wildman–Crippen MR) is 134 cm³/mol. The molecule has 1 fully saturated rings. The van der Waals surface area contributed by atoms with Crippen molar-refractivity contribution in [2.45, 2.75) is 65.8 Å². The number of ether oxygens (including phenoxy) is 1. The Balaban J connectivity index is 0.00000408. The van der Waals surface area contributed by atoms with Gasteiger partial charge in [0.25, 0.3) is 0 Å². The van der Waals surface area contributed by atoms with Gasteiger partial charge in [0.05, 0.1) is 28.7 Å². The van der Waals surface area contributed by atoms with Gasteiger partial charge in [-0.05, 0) is 23.5 Å². The fourth-order valence-electron chi connectivity index (χ4n) is 3.82. The molecule has 186 valence electrons. The van der Waals surface area contributed by atoms with Crippen molar-refractivity contribution in [2.75, 3.05) is 6.54 Å². The number of thiazole rings is 1. The maximum Gasteiger partial charge on any atom is 0.302 e. The highest BCUT2D eigenvalue weighted by Crippen LogP contribution is 2.28. The highest BCUT2D eigenvalue weighted by atomic mass is 35.5. The molecule has 10 heteroatoms. The second-order valence-electron chi connectivity index (χ2n) is 9.50. The summed E-state index contributed by atoms with van der Waals surface area (Å²) in [5.41, 5.74) is 10.5. The van der Waals surface area contributed by atoms with Crippen molar-refractivity contribution in [3.8, 4) is 10.4 Å². The van der Waals surface area contributed by atoms with Gasteiger partial charge in [0.15, 0.2) is 0 Å². The molecule has 0 radical (unpaired) electrons. The van der Waals surface area contributed by atoms with E-state index in [1.807, 2.05) is 57.5 Å². The van der Waals surface area contributed by atoms with Gasteiger partial charge in [0, 0.05) is 19.9 Å². The zero-order chi connectivity index (χ0) is 24.3. The van der Waals surface area contributed by atoms with Gasteiger partial charge in [-0.1, -0.05) is 45.0 Å². The van der Waals surface area contributed by atoms with Crippen LogP contribution in [-0.4, -0.2) is 52.4 Å². The number of likely N-dealkylation sites (tertiary alicyclic amines) is 1. The van der Waals surface area contributed by atoms with E-state index >= 15 is 0 Å². The van der Waals surface area contributed by atoms with Crippen LogP contribution >= 0.6 is 23.7 Å². The van der Waals surface area contributed by atoms with Crippen LogP contribution in [-0.2, 0) is 25.7 Å². The summed E-state index contributed by atoms with van der Waals surface area (Å²) < 4.78 is 5.30. The second kappa shape index (κ2) is 11.3. The molecule has 2 aromatic rings. The first-order chi connectivity index (χ1) is 15.5. The molecule has 1 aromatic heterocycles. The van der Waals surface area contributed by atoms with E-state index < -0.39 is 29.6 Å². The number of nitrogens with two attached hydrogens (primary N) is 1. The van der Waals surface area contributed by atoms with Gasteiger partial charge in [0.1, 0.15) is 12.1 Å². The SMILES string of the molecule is CC(=O)O[C@@H]1C[C@@H](C(=O)NCc2ccc(-c3scnc3C)cc2)N(C(=O)C(N)C(C)(C)C)C1.Cl. The molecule has 0 aliphatic carbocycles. The van der Waals surface area contributed by atoms with Crippen LogP contribution in [0.5, 0.6) is 0 Å². The van der Waals surface area contributed by atoms with Crippen molar-refractivity contribution >= 4 is 41.5 Å². The maximum atomic E-state index is 13.1. The number of benzene rings is 1. The van der Waals surface area contributed by atoms with Crippen LogP contribution in [0.2, 0.25) is 0 Å². The standard InChI is InChI=1S/C24H32N4O4S.ClH/c1-14-20(33-13-27-14)17-8-6-16(7-9-17)11-26-22(30)19-10-18(32-15(2)29)12-28(19)23(31)21(25)24(3,4)5;/h6-9,13,18-19,21H,10-12,25H2,1-5H3,(H,26,30);1H/t18-,19+,21?;/m1./s1. The van der Waals surface area contributed by atoms with Gasteiger partial charge < -0.3 is 20.7 Å². The topological polar surface area (TPSA) is 115 Å². The third kappa shape index (κ3) is 6.55. The lowest BCUT2D eigenvalue weighted by Gasteiger charge is -2.32. The van der Waals surface area contributed by atoms with E-state index in [1.165, 1.54) is 11.8 Å². The molecule has 0 bridgehead atoms. The highest BCUT2D eigenvalue weighted by molar-refractivity contribution is 7.13. The van der Waals surface area contributed by atoms with E-state index in [-0.39, 0.29) is 37.2 Å². The van der Waals surface area contributed by atoms with E-state index in [2.05, 4.69) is 10.3 Å². The van der Waals surface area contributed by atoms with Gasteiger partial charge in [-0.15, -0.1) is 23.7 Å². The molecule has 8 nitrogen and oxygen atoms in total. The molecule has 3 atom stereocenters. The average molecular weight is 509 g/mol. The first-order valence-corrected chi connectivity index (χ1v) is 11.9. The van der Waals surface area contributed by atoms with E-state index in [9.17, 15) is 14.4 Å². The van der Waals surface area contributed by atoms with Crippen LogP contribution in [0.25, 0.3) is 10.4 Å². The molecule has 1 aromatic carbocycles. The van der Waals surface area contributed by atoms with Crippen LogP contribution in [0.3, 0.4) is 0 Å². The monoisotopic (exact) mass is 508 g/mol. The minimum absolute atomic E-state index is 0. The van der Waals surface area contributed by atoms with E-state index in [4.69, 9.17) is 10.5 Å².